The highest BCUT2D eigenvalue weighted by Gasteiger charge is 2.33. The van der Waals surface area contributed by atoms with Crippen LogP contribution in [-0.4, -0.2) is 37.1 Å². The van der Waals surface area contributed by atoms with Crippen LogP contribution in [0, 0.1) is 5.92 Å². The van der Waals surface area contributed by atoms with Gasteiger partial charge in [0, 0.05) is 25.7 Å². The molecule has 2 fully saturated rings. The standard InChI is InChI=1S/C17H34N2/c1-2-3-4-5-6-7-8-9-13-19-14-12-18-17(15-19)16-10-11-16/h16-18H,2-15H2,1H3. The van der Waals surface area contributed by atoms with Gasteiger partial charge >= 0.3 is 0 Å². The van der Waals surface area contributed by atoms with E-state index in [1.807, 2.05) is 0 Å². The van der Waals surface area contributed by atoms with Crippen molar-refractivity contribution < 1.29 is 0 Å². The van der Waals surface area contributed by atoms with Crippen LogP contribution in [0.5, 0.6) is 0 Å². The molecule has 1 aliphatic heterocycles. The summed E-state index contributed by atoms with van der Waals surface area (Å²) >= 11 is 0. The van der Waals surface area contributed by atoms with Crippen molar-refractivity contribution in [2.45, 2.75) is 77.2 Å². The van der Waals surface area contributed by atoms with Crippen molar-refractivity contribution in [1.29, 1.82) is 0 Å². The Hall–Kier alpha value is -0.0800. The number of unbranched alkanes of at least 4 members (excludes halogenated alkanes) is 7. The largest absolute Gasteiger partial charge is 0.311 e. The zero-order valence-electron chi connectivity index (χ0n) is 13.0. The molecule has 0 aromatic rings. The predicted molar refractivity (Wildman–Crippen MR) is 83.6 cm³/mol. The first-order chi connectivity index (χ1) is 9.40. The lowest BCUT2D eigenvalue weighted by atomic mass is 10.1. The maximum absolute atomic E-state index is 3.70. The molecule has 2 nitrogen and oxygen atoms in total. The number of hydrogen-bond donors (Lipinski definition) is 1. The summed E-state index contributed by atoms with van der Waals surface area (Å²) in [4.78, 5) is 2.70. The first kappa shape index (κ1) is 15.3. The predicted octanol–water partition coefficient (Wildman–Crippen LogP) is 3.81. The zero-order chi connectivity index (χ0) is 13.3. The third-order valence-electron chi connectivity index (χ3n) is 4.81. The molecule has 1 unspecified atom stereocenters. The average molecular weight is 266 g/mol. The smallest absolute Gasteiger partial charge is 0.0223 e. The Kier molecular flexibility index (Phi) is 7.23. The highest BCUT2D eigenvalue weighted by Crippen LogP contribution is 2.33. The van der Waals surface area contributed by atoms with E-state index in [0.717, 1.165) is 12.0 Å². The fourth-order valence-corrected chi connectivity index (χ4v) is 3.33. The Bertz CT molecular complexity index is 225. The molecule has 0 amide bonds. The van der Waals surface area contributed by atoms with Gasteiger partial charge in [-0.3, -0.25) is 0 Å². The van der Waals surface area contributed by atoms with E-state index in [9.17, 15) is 0 Å². The van der Waals surface area contributed by atoms with Gasteiger partial charge in [0.15, 0.2) is 0 Å². The number of nitrogens with zero attached hydrogens (tertiary/aromatic N) is 1. The zero-order valence-corrected chi connectivity index (χ0v) is 13.0. The Morgan fingerprint density at radius 3 is 2.32 bits per heavy atom. The van der Waals surface area contributed by atoms with Gasteiger partial charge in [-0.15, -0.1) is 0 Å². The lowest BCUT2D eigenvalue weighted by Gasteiger charge is -2.33. The minimum absolute atomic E-state index is 0.822. The summed E-state index contributed by atoms with van der Waals surface area (Å²) in [6.07, 6.45) is 14.5. The first-order valence-corrected chi connectivity index (χ1v) is 8.86. The summed E-state index contributed by atoms with van der Waals surface area (Å²) in [6.45, 7) is 7.46. The van der Waals surface area contributed by atoms with E-state index < -0.39 is 0 Å². The molecule has 0 bridgehead atoms. The molecule has 112 valence electrons. The van der Waals surface area contributed by atoms with Gasteiger partial charge in [0.25, 0.3) is 0 Å². The summed E-state index contributed by atoms with van der Waals surface area (Å²) in [7, 11) is 0. The van der Waals surface area contributed by atoms with E-state index in [2.05, 4.69) is 17.1 Å². The fraction of sp³-hybridized carbons (Fsp3) is 1.00. The Labute approximate surface area is 120 Å². The lowest BCUT2D eigenvalue weighted by Crippen LogP contribution is -2.51. The number of nitrogens with one attached hydrogen (secondary N) is 1. The minimum Gasteiger partial charge on any atom is -0.311 e. The Balaban J connectivity index is 1.42. The molecule has 2 aliphatic rings. The number of hydrogen-bond acceptors (Lipinski definition) is 2. The van der Waals surface area contributed by atoms with Gasteiger partial charge in [0.1, 0.15) is 0 Å². The van der Waals surface area contributed by atoms with Crippen LogP contribution < -0.4 is 5.32 Å². The molecule has 1 saturated carbocycles. The van der Waals surface area contributed by atoms with Crippen molar-refractivity contribution in [2.24, 2.45) is 5.92 Å². The van der Waals surface area contributed by atoms with Gasteiger partial charge in [-0.2, -0.15) is 0 Å². The van der Waals surface area contributed by atoms with Crippen LogP contribution in [-0.2, 0) is 0 Å². The molecular formula is C17H34N2. The number of rotatable bonds is 10. The summed E-state index contributed by atoms with van der Waals surface area (Å²) in [5.41, 5.74) is 0. The molecule has 19 heavy (non-hydrogen) atoms. The van der Waals surface area contributed by atoms with E-state index in [0.29, 0.717) is 0 Å². The van der Waals surface area contributed by atoms with E-state index in [1.54, 1.807) is 0 Å². The second kappa shape index (κ2) is 8.97. The Morgan fingerprint density at radius 1 is 0.947 bits per heavy atom. The topological polar surface area (TPSA) is 15.3 Å². The van der Waals surface area contributed by atoms with Gasteiger partial charge in [-0.05, 0) is 31.7 Å². The van der Waals surface area contributed by atoms with Crippen molar-refractivity contribution in [2.75, 3.05) is 26.2 Å². The van der Waals surface area contributed by atoms with Crippen LogP contribution >= 0.6 is 0 Å². The SMILES string of the molecule is CCCCCCCCCCN1CCNC(C2CC2)C1. The normalized spacial score (nSPS) is 24.8. The van der Waals surface area contributed by atoms with Crippen molar-refractivity contribution in [3.8, 4) is 0 Å². The van der Waals surface area contributed by atoms with Crippen LogP contribution in [0.3, 0.4) is 0 Å². The van der Waals surface area contributed by atoms with Crippen LogP contribution in [0.2, 0.25) is 0 Å². The van der Waals surface area contributed by atoms with Gasteiger partial charge in [-0.25, -0.2) is 0 Å². The van der Waals surface area contributed by atoms with Crippen LogP contribution in [0.4, 0.5) is 0 Å². The first-order valence-electron chi connectivity index (χ1n) is 8.86. The van der Waals surface area contributed by atoms with E-state index in [4.69, 9.17) is 0 Å². The highest BCUT2D eigenvalue weighted by atomic mass is 15.2. The molecular weight excluding hydrogens is 232 g/mol. The molecule has 0 aromatic carbocycles. The van der Waals surface area contributed by atoms with Gasteiger partial charge < -0.3 is 10.2 Å². The molecule has 1 aliphatic carbocycles. The quantitative estimate of drug-likeness (QED) is 0.605. The molecule has 1 atom stereocenters. The maximum Gasteiger partial charge on any atom is 0.0223 e. The van der Waals surface area contributed by atoms with Gasteiger partial charge in [-0.1, -0.05) is 51.9 Å². The molecule has 1 N–H and O–H groups in total. The van der Waals surface area contributed by atoms with Crippen molar-refractivity contribution in [3.05, 3.63) is 0 Å². The molecule has 1 saturated heterocycles. The van der Waals surface area contributed by atoms with Gasteiger partial charge in [0.05, 0.1) is 0 Å². The van der Waals surface area contributed by atoms with Crippen molar-refractivity contribution in [1.82, 2.24) is 10.2 Å². The van der Waals surface area contributed by atoms with Crippen LogP contribution in [0.15, 0.2) is 0 Å². The second-order valence-electron chi connectivity index (χ2n) is 6.67. The molecule has 0 spiro atoms. The summed E-state index contributed by atoms with van der Waals surface area (Å²) in [5.74, 6) is 1.02. The highest BCUT2D eigenvalue weighted by molar-refractivity contribution is 4.91. The van der Waals surface area contributed by atoms with Crippen LogP contribution in [0.25, 0.3) is 0 Å². The lowest BCUT2D eigenvalue weighted by molar-refractivity contribution is 0.185. The van der Waals surface area contributed by atoms with Crippen molar-refractivity contribution in [3.63, 3.8) is 0 Å². The minimum atomic E-state index is 0.822. The van der Waals surface area contributed by atoms with E-state index >= 15 is 0 Å². The van der Waals surface area contributed by atoms with E-state index in [1.165, 1.54) is 90.4 Å². The van der Waals surface area contributed by atoms with Crippen LogP contribution in [0.1, 0.15) is 71.1 Å². The summed E-state index contributed by atoms with van der Waals surface area (Å²) < 4.78 is 0. The Morgan fingerprint density at radius 2 is 1.63 bits per heavy atom. The summed E-state index contributed by atoms with van der Waals surface area (Å²) in [6, 6.07) is 0.822. The molecule has 0 aromatic heterocycles. The molecule has 0 radical (unpaired) electrons. The molecule has 1 heterocycles. The third-order valence-corrected chi connectivity index (χ3v) is 4.81. The fourth-order valence-electron chi connectivity index (χ4n) is 3.33. The average Bonchev–Trinajstić information content (AvgIpc) is 3.27. The van der Waals surface area contributed by atoms with Crippen molar-refractivity contribution >= 4 is 0 Å². The number of piperazine rings is 1. The third kappa shape index (κ3) is 6.27. The maximum atomic E-state index is 3.70. The molecule has 2 rings (SSSR count). The molecule has 2 heteroatoms. The summed E-state index contributed by atoms with van der Waals surface area (Å²) in [5, 5.41) is 3.70. The second-order valence-corrected chi connectivity index (χ2v) is 6.67. The monoisotopic (exact) mass is 266 g/mol. The van der Waals surface area contributed by atoms with Gasteiger partial charge in [0.2, 0.25) is 0 Å². The van der Waals surface area contributed by atoms with E-state index in [-0.39, 0.29) is 0 Å².